The van der Waals surface area contributed by atoms with Crippen LogP contribution in [-0.2, 0) is 11.3 Å². The molecule has 0 bridgehead atoms. The number of ether oxygens (including phenoxy) is 1. The Morgan fingerprint density at radius 2 is 2.17 bits per heavy atom. The molecule has 18 heavy (non-hydrogen) atoms. The molecule has 0 N–H and O–H groups in total. The van der Waals surface area contributed by atoms with Crippen LogP contribution in [0, 0.1) is 5.92 Å². The van der Waals surface area contributed by atoms with Crippen LogP contribution in [-0.4, -0.2) is 30.0 Å². The average molecular weight is 268 g/mol. The van der Waals surface area contributed by atoms with Crippen molar-refractivity contribution in [3.05, 3.63) is 35.9 Å². The molecule has 1 aromatic rings. The van der Waals surface area contributed by atoms with Gasteiger partial charge in [0.2, 0.25) is 0 Å². The van der Waals surface area contributed by atoms with E-state index >= 15 is 0 Å². The molecule has 0 saturated carbocycles. The molecule has 0 unspecified atom stereocenters. The molecular weight excluding hydrogens is 250 g/mol. The Labute approximate surface area is 113 Å². The summed E-state index contributed by atoms with van der Waals surface area (Å²) in [6.45, 7) is 1.83. The van der Waals surface area contributed by atoms with Gasteiger partial charge in [-0.25, -0.2) is 4.79 Å². The number of alkyl halides is 1. The number of carbonyl (C=O) groups is 1. The molecule has 1 aromatic carbocycles. The van der Waals surface area contributed by atoms with Crippen LogP contribution in [0.5, 0.6) is 0 Å². The molecule has 0 aromatic heterocycles. The molecule has 0 aliphatic carbocycles. The van der Waals surface area contributed by atoms with E-state index in [1.54, 1.807) is 4.90 Å². The molecule has 0 spiro atoms. The van der Waals surface area contributed by atoms with Gasteiger partial charge in [0.05, 0.1) is 0 Å². The van der Waals surface area contributed by atoms with Crippen LogP contribution in [0.2, 0.25) is 0 Å². The SMILES string of the molecule is O=C(OCc1ccccc1)N1CCC[C@@H](CCl)C1. The van der Waals surface area contributed by atoms with Gasteiger partial charge in [0.25, 0.3) is 0 Å². The van der Waals surface area contributed by atoms with Gasteiger partial charge < -0.3 is 9.64 Å². The molecule has 1 saturated heterocycles. The van der Waals surface area contributed by atoms with Crippen molar-refractivity contribution >= 4 is 17.7 Å². The third kappa shape index (κ3) is 3.64. The number of rotatable bonds is 3. The number of hydrogen-bond acceptors (Lipinski definition) is 2. The van der Waals surface area contributed by atoms with Gasteiger partial charge in [-0.2, -0.15) is 0 Å². The Morgan fingerprint density at radius 1 is 1.39 bits per heavy atom. The number of halogens is 1. The maximum absolute atomic E-state index is 11.9. The first-order chi connectivity index (χ1) is 8.79. The molecule has 98 valence electrons. The first-order valence-electron chi connectivity index (χ1n) is 6.31. The number of nitrogens with zero attached hydrogens (tertiary/aromatic N) is 1. The summed E-state index contributed by atoms with van der Waals surface area (Å²) in [6.07, 6.45) is 1.89. The zero-order chi connectivity index (χ0) is 12.8. The quantitative estimate of drug-likeness (QED) is 0.787. The Hall–Kier alpha value is -1.22. The van der Waals surface area contributed by atoms with Crippen LogP contribution in [0.15, 0.2) is 30.3 Å². The molecule has 1 aliphatic rings. The fourth-order valence-corrected chi connectivity index (χ4v) is 2.42. The molecule has 1 aliphatic heterocycles. The molecule has 1 heterocycles. The molecule has 1 atom stereocenters. The normalized spacial score (nSPS) is 19.6. The summed E-state index contributed by atoms with van der Waals surface area (Å²) in [5, 5.41) is 0. The number of amides is 1. The predicted octanol–water partition coefficient (Wildman–Crippen LogP) is 3.27. The largest absolute Gasteiger partial charge is 0.445 e. The fraction of sp³-hybridized carbons (Fsp3) is 0.500. The minimum absolute atomic E-state index is 0.228. The van der Waals surface area contributed by atoms with Gasteiger partial charge in [-0.15, -0.1) is 11.6 Å². The maximum atomic E-state index is 11.9. The van der Waals surface area contributed by atoms with Crippen LogP contribution in [0.1, 0.15) is 18.4 Å². The lowest BCUT2D eigenvalue weighted by Crippen LogP contribution is -2.40. The minimum atomic E-state index is -0.228. The molecule has 1 amide bonds. The summed E-state index contributed by atoms with van der Waals surface area (Å²) in [7, 11) is 0. The predicted molar refractivity (Wildman–Crippen MR) is 71.6 cm³/mol. The number of hydrogen-bond donors (Lipinski definition) is 0. The van der Waals surface area contributed by atoms with Gasteiger partial charge in [-0.3, -0.25) is 0 Å². The van der Waals surface area contributed by atoms with Gasteiger partial charge in [-0.1, -0.05) is 30.3 Å². The Bertz CT molecular complexity index is 383. The third-order valence-corrected chi connectivity index (χ3v) is 3.64. The van der Waals surface area contributed by atoms with E-state index in [4.69, 9.17) is 16.3 Å². The van der Waals surface area contributed by atoms with Crippen LogP contribution in [0.4, 0.5) is 4.79 Å². The van der Waals surface area contributed by atoms with E-state index in [0.29, 0.717) is 18.4 Å². The van der Waals surface area contributed by atoms with Crippen molar-refractivity contribution in [3.63, 3.8) is 0 Å². The number of benzene rings is 1. The monoisotopic (exact) mass is 267 g/mol. The summed E-state index contributed by atoms with van der Waals surface area (Å²) in [4.78, 5) is 13.7. The second-order valence-corrected chi connectivity index (χ2v) is 4.96. The van der Waals surface area contributed by atoms with E-state index in [-0.39, 0.29) is 6.09 Å². The standard InChI is InChI=1S/C14H18ClNO2/c15-9-13-7-4-8-16(10-13)14(17)18-11-12-5-2-1-3-6-12/h1-3,5-6,13H,4,7-11H2/t13-/m0/s1. The Kier molecular flexibility index (Phi) is 4.88. The smallest absolute Gasteiger partial charge is 0.410 e. The minimum Gasteiger partial charge on any atom is -0.445 e. The van der Waals surface area contributed by atoms with Crippen molar-refractivity contribution in [1.82, 2.24) is 4.90 Å². The van der Waals surface area contributed by atoms with Crippen molar-refractivity contribution in [2.24, 2.45) is 5.92 Å². The summed E-state index contributed by atoms with van der Waals surface area (Å²) < 4.78 is 5.30. The van der Waals surface area contributed by atoms with E-state index in [9.17, 15) is 4.79 Å². The lowest BCUT2D eigenvalue weighted by Gasteiger charge is -2.30. The van der Waals surface area contributed by atoms with Gasteiger partial charge in [-0.05, 0) is 24.3 Å². The topological polar surface area (TPSA) is 29.5 Å². The highest BCUT2D eigenvalue weighted by atomic mass is 35.5. The highest BCUT2D eigenvalue weighted by Crippen LogP contribution is 2.18. The first-order valence-corrected chi connectivity index (χ1v) is 6.84. The molecule has 3 nitrogen and oxygen atoms in total. The van der Waals surface area contributed by atoms with Crippen LogP contribution in [0.3, 0.4) is 0 Å². The van der Waals surface area contributed by atoms with E-state index in [2.05, 4.69) is 0 Å². The fourth-order valence-electron chi connectivity index (χ4n) is 2.17. The summed E-state index contributed by atoms with van der Waals surface area (Å²) in [5.41, 5.74) is 1.01. The van der Waals surface area contributed by atoms with E-state index in [1.165, 1.54) is 0 Å². The zero-order valence-corrected chi connectivity index (χ0v) is 11.1. The third-order valence-electron chi connectivity index (χ3n) is 3.20. The molecule has 2 rings (SSSR count). The molecule has 4 heteroatoms. The van der Waals surface area contributed by atoms with Gasteiger partial charge >= 0.3 is 6.09 Å². The van der Waals surface area contributed by atoms with Crippen LogP contribution >= 0.6 is 11.6 Å². The Morgan fingerprint density at radius 3 is 2.89 bits per heavy atom. The van der Waals surface area contributed by atoms with Crippen molar-refractivity contribution in [2.75, 3.05) is 19.0 Å². The average Bonchev–Trinajstić information content (AvgIpc) is 2.46. The number of piperidine rings is 1. The summed E-state index contributed by atoms with van der Waals surface area (Å²) in [6, 6.07) is 9.72. The Balaban J connectivity index is 1.81. The molecule has 0 radical (unpaired) electrons. The lowest BCUT2D eigenvalue weighted by atomic mass is 10.0. The highest BCUT2D eigenvalue weighted by Gasteiger charge is 2.23. The van der Waals surface area contributed by atoms with E-state index in [1.807, 2.05) is 30.3 Å². The summed E-state index contributed by atoms with van der Waals surface area (Å²) >= 11 is 5.84. The van der Waals surface area contributed by atoms with Crippen molar-refractivity contribution in [3.8, 4) is 0 Å². The van der Waals surface area contributed by atoms with Gasteiger partial charge in [0.15, 0.2) is 0 Å². The van der Waals surface area contributed by atoms with Crippen LogP contribution in [0.25, 0.3) is 0 Å². The lowest BCUT2D eigenvalue weighted by molar-refractivity contribution is 0.0813. The summed E-state index contributed by atoms with van der Waals surface area (Å²) in [5.74, 6) is 1.02. The van der Waals surface area contributed by atoms with Gasteiger partial charge in [0.1, 0.15) is 6.61 Å². The van der Waals surface area contributed by atoms with Crippen molar-refractivity contribution in [1.29, 1.82) is 0 Å². The van der Waals surface area contributed by atoms with E-state index < -0.39 is 0 Å². The van der Waals surface area contributed by atoms with Crippen molar-refractivity contribution in [2.45, 2.75) is 19.4 Å². The van der Waals surface area contributed by atoms with Crippen LogP contribution < -0.4 is 0 Å². The molecular formula is C14H18ClNO2. The number of carbonyl (C=O) groups excluding carboxylic acids is 1. The van der Waals surface area contributed by atoms with E-state index in [0.717, 1.165) is 31.5 Å². The first kappa shape index (κ1) is 13.2. The number of likely N-dealkylation sites (tertiary alicyclic amines) is 1. The van der Waals surface area contributed by atoms with Crippen molar-refractivity contribution < 1.29 is 9.53 Å². The molecule has 1 fully saturated rings. The highest BCUT2D eigenvalue weighted by molar-refractivity contribution is 6.18. The van der Waals surface area contributed by atoms with Gasteiger partial charge in [0, 0.05) is 19.0 Å². The second-order valence-electron chi connectivity index (χ2n) is 4.65. The second kappa shape index (κ2) is 6.64. The maximum Gasteiger partial charge on any atom is 0.410 e. The zero-order valence-electron chi connectivity index (χ0n) is 10.3.